The molecule has 0 saturated heterocycles. The van der Waals surface area contributed by atoms with Crippen LogP contribution < -0.4 is 5.32 Å². The van der Waals surface area contributed by atoms with Crippen LogP contribution in [0.25, 0.3) is 0 Å². The molecule has 0 radical (unpaired) electrons. The Kier molecular flexibility index (Phi) is 6.49. The van der Waals surface area contributed by atoms with Crippen molar-refractivity contribution in [3.05, 3.63) is 24.3 Å². The highest BCUT2D eigenvalue weighted by Crippen LogP contribution is 2.28. The summed E-state index contributed by atoms with van der Waals surface area (Å²) in [7, 11) is -4.16. The van der Waals surface area contributed by atoms with Crippen LogP contribution in [0.4, 0.5) is 5.69 Å². The average molecular weight is 299 g/mol. The summed E-state index contributed by atoms with van der Waals surface area (Å²) in [6, 6.07) is 6.78. The number of para-hydroxylation sites is 1. The molecule has 1 saturated carbocycles. The fourth-order valence-corrected chi connectivity index (χ4v) is 3.25. The van der Waals surface area contributed by atoms with Crippen molar-refractivity contribution in [2.45, 2.75) is 57.4 Å². The minimum atomic E-state index is -4.16. The Morgan fingerprint density at radius 2 is 1.85 bits per heavy atom. The summed E-state index contributed by atoms with van der Waals surface area (Å²) in [5.41, 5.74) is 0.499. The third kappa shape index (κ3) is 4.80. The maximum atomic E-state index is 11.3. The molecule has 2 unspecified atom stereocenters. The fraction of sp³-hybridized carbons (Fsp3) is 0.600. The predicted molar refractivity (Wildman–Crippen MR) is 82.6 cm³/mol. The molecule has 1 aromatic rings. The van der Waals surface area contributed by atoms with Crippen molar-refractivity contribution in [3.63, 3.8) is 0 Å². The summed E-state index contributed by atoms with van der Waals surface area (Å²) in [5, 5.41) is 3.25. The van der Waals surface area contributed by atoms with E-state index < -0.39 is 10.1 Å². The zero-order chi connectivity index (χ0) is 15.2. The number of hydrogen-bond donors (Lipinski definition) is 2. The Labute approximate surface area is 122 Å². The second-order valence-corrected chi connectivity index (χ2v) is 6.47. The van der Waals surface area contributed by atoms with Crippen LogP contribution in [-0.4, -0.2) is 19.0 Å². The monoisotopic (exact) mass is 299 g/mol. The number of nitrogens with one attached hydrogen (secondary N) is 1. The molecule has 0 aromatic heterocycles. The van der Waals surface area contributed by atoms with Gasteiger partial charge in [-0.05, 0) is 30.9 Å². The summed E-state index contributed by atoms with van der Waals surface area (Å²) < 4.78 is 31.7. The van der Waals surface area contributed by atoms with Gasteiger partial charge in [0.15, 0.2) is 0 Å². The van der Waals surface area contributed by atoms with E-state index in [-0.39, 0.29) is 10.9 Å². The normalized spacial score (nSPS) is 22.6. The quantitative estimate of drug-likeness (QED) is 0.829. The molecule has 4 nitrogen and oxygen atoms in total. The van der Waals surface area contributed by atoms with Gasteiger partial charge in [0.25, 0.3) is 10.1 Å². The smallest absolute Gasteiger partial charge is 0.296 e. The molecule has 20 heavy (non-hydrogen) atoms. The summed E-state index contributed by atoms with van der Waals surface area (Å²) in [6.07, 6.45) is 4.48. The molecule has 2 rings (SSSR count). The van der Waals surface area contributed by atoms with Gasteiger partial charge in [0.05, 0.1) is 5.69 Å². The van der Waals surface area contributed by atoms with Gasteiger partial charge >= 0.3 is 0 Å². The molecule has 2 atom stereocenters. The molecule has 0 amide bonds. The summed E-state index contributed by atoms with van der Waals surface area (Å²) in [5.74, 6) is 0.661. The predicted octanol–water partition coefficient (Wildman–Crippen LogP) is 3.95. The van der Waals surface area contributed by atoms with Crippen molar-refractivity contribution in [1.29, 1.82) is 0 Å². The van der Waals surface area contributed by atoms with Gasteiger partial charge in [-0.2, -0.15) is 8.42 Å². The second-order valence-electron chi connectivity index (χ2n) is 5.08. The van der Waals surface area contributed by atoms with E-state index in [9.17, 15) is 13.0 Å². The van der Waals surface area contributed by atoms with Crippen molar-refractivity contribution < 1.29 is 13.0 Å². The lowest BCUT2D eigenvalue weighted by molar-refractivity contribution is 0.358. The molecule has 0 spiro atoms. The zero-order valence-corrected chi connectivity index (χ0v) is 13.3. The number of rotatable bonds is 3. The molecule has 5 heteroatoms. The van der Waals surface area contributed by atoms with Gasteiger partial charge in [-0.15, -0.1) is 0 Å². The topological polar surface area (TPSA) is 66.4 Å². The Balaban J connectivity index is 0.000000956. The van der Waals surface area contributed by atoms with Crippen molar-refractivity contribution >= 4 is 15.8 Å². The highest BCUT2D eigenvalue weighted by atomic mass is 32.2. The van der Waals surface area contributed by atoms with Crippen LogP contribution in [-0.2, 0) is 10.1 Å². The molecular weight excluding hydrogens is 274 g/mol. The lowest BCUT2D eigenvalue weighted by Gasteiger charge is -2.28. The standard InChI is InChI=1S/C13H19NO3S.C2H6/c1-10-5-4-6-11(9-10)14-12-7-2-3-8-13(12)18(15,16)17;1-2/h2-3,7-8,10-11,14H,4-6,9H2,1H3,(H,15,16,17);1-2H3. The van der Waals surface area contributed by atoms with Crippen LogP contribution in [0, 0.1) is 5.92 Å². The molecule has 114 valence electrons. The van der Waals surface area contributed by atoms with Crippen LogP contribution in [0.1, 0.15) is 46.5 Å². The molecule has 0 bridgehead atoms. The molecule has 1 aliphatic carbocycles. The number of anilines is 1. The highest BCUT2D eigenvalue weighted by Gasteiger charge is 2.21. The minimum Gasteiger partial charge on any atom is -0.381 e. The van der Waals surface area contributed by atoms with E-state index in [1.165, 1.54) is 12.5 Å². The fourth-order valence-electron chi connectivity index (χ4n) is 2.60. The van der Waals surface area contributed by atoms with Gasteiger partial charge in [-0.1, -0.05) is 45.7 Å². The minimum absolute atomic E-state index is 0.0387. The van der Waals surface area contributed by atoms with Crippen molar-refractivity contribution in [3.8, 4) is 0 Å². The zero-order valence-electron chi connectivity index (χ0n) is 12.5. The average Bonchev–Trinajstić information content (AvgIpc) is 2.40. The molecule has 1 fully saturated rings. The SMILES string of the molecule is CC.CC1CCCC(Nc2ccccc2S(=O)(=O)O)C1. The van der Waals surface area contributed by atoms with E-state index in [4.69, 9.17) is 0 Å². The third-order valence-corrected chi connectivity index (χ3v) is 4.37. The third-order valence-electron chi connectivity index (χ3n) is 3.46. The molecule has 2 N–H and O–H groups in total. The summed E-state index contributed by atoms with van der Waals surface area (Å²) >= 11 is 0. The van der Waals surface area contributed by atoms with Gasteiger partial charge < -0.3 is 5.32 Å². The Morgan fingerprint density at radius 3 is 2.45 bits per heavy atom. The maximum Gasteiger partial charge on any atom is 0.296 e. The molecule has 1 aromatic carbocycles. The van der Waals surface area contributed by atoms with Crippen molar-refractivity contribution in [2.24, 2.45) is 5.92 Å². The molecule has 0 aliphatic heterocycles. The first-order chi connectivity index (χ1) is 9.47. The van der Waals surface area contributed by atoms with E-state index in [1.807, 2.05) is 13.8 Å². The molecule has 1 aliphatic rings. The van der Waals surface area contributed by atoms with Gasteiger partial charge in [-0.25, -0.2) is 0 Å². The van der Waals surface area contributed by atoms with Crippen LogP contribution in [0.2, 0.25) is 0 Å². The molecule has 0 heterocycles. The van der Waals surface area contributed by atoms with E-state index in [2.05, 4.69) is 12.2 Å². The van der Waals surface area contributed by atoms with Gasteiger partial charge in [0.2, 0.25) is 0 Å². The lowest BCUT2D eigenvalue weighted by Crippen LogP contribution is -2.26. The van der Waals surface area contributed by atoms with Gasteiger partial charge in [-0.3, -0.25) is 4.55 Å². The van der Waals surface area contributed by atoms with Crippen LogP contribution in [0.15, 0.2) is 29.2 Å². The Bertz CT molecular complexity index is 514. The van der Waals surface area contributed by atoms with E-state index in [1.54, 1.807) is 18.2 Å². The first kappa shape index (κ1) is 17.0. The second kappa shape index (κ2) is 7.64. The van der Waals surface area contributed by atoms with Crippen molar-refractivity contribution in [2.75, 3.05) is 5.32 Å². The van der Waals surface area contributed by atoms with Crippen LogP contribution >= 0.6 is 0 Å². The largest absolute Gasteiger partial charge is 0.381 e. The van der Waals surface area contributed by atoms with E-state index in [0.717, 1.165) is 19.3 Å². The number of hydrogen-bond acceptors (Lipinski definition) is 3. The van der Waals surface area contributed by atoms with Crippen LogP contribution in [0.3, 0.4) is 0 Å². The first-order valence-corrected chi connectivity index (χ1v) is 8.74. The van der Waals surface area contributed by atoms with Gasteiger partial charge in [0.1, 0.15) is 4.90 Å². The van der Waals surface area contributed by atoms with E-state index >= 15 is 0 Å². The van der Waals surface area contributed by atoms with Crippen LogP contribution in [0.5, 0.6) is 0 Å². The highest BCUT2D eigenvalue weighted by molar-refractivity contribution is 7.86. The number of benzene rings is 1. The van der Waals surface area contributed by atoms with Gasteiger partial charge in [0, 0.05) is 6.04 Å². The maximum absolute atomic E-state index is 11.3. The summed E-state index contributed by atoms with van der Waals surface area (Å²) in [4.78, 5) is -0.0387. The van der Waals surface area contributed by atoms with E-state index in [0.29, 0.717) is 11.6 Å². The Hall–Kier alpha value is -1.07. The first-order valence-electron chi connectivity index (χ1n) is 7.30. The van der Waals surface area contributed by atoms with Crippen molar-refractivity contribution in [1.82, 2.24) is 0 Å². The Morgan fingerprint density at radius 1 is 1.20 bits per heavy atom. The molecular formula is C15H25NO3S. The lowest BCUT2D eigenvalue weighted by atomic mass is 9.87. The summed E-state index contributed by atoms with van der Waals surface area (Å²) in [6.45, 7) is 6.21.